The summed E-state index contributed by atoms with van der Waals surface area (Å²) in [6.45, 7) is 4.48. The van der Waals surface area contributed by atoms with Crippen LogP contribution < -0.4 is 0 Å². The molecular formula is C14H28S2. The van der Waals surface area contributed by atoms with Gasteiger partial charge in [-0.05, 0) is 18.8 Å². The SMILES string of the molecule is CCCCCCCCCCC(CC)C(=S)S. The molecule has 0 aliphatic rings. The van der Waals surface area contributed by atoms with Crippen LogP contribution >= 0.6 is 24.8 Å². The van der Waals surface area contributed by atoms with Gasteiger partial charge in [0.2, 0.25) is 0 Å². The molecule has 1 unspecified atom stereocenters. The lowest BCUT2D eigenvalue weighted by molar-refractivity contribution is 0.525. The molecule has 0 fully saturated rings. The molecule has 0 aromatic heterocycles. The number of thiocarbonyl (C=S) groups is 1. The summed E-state index contributed by atoms with van der Waals surface area (Å²) in [5, 5.41) is 0. The third-order valence-corrected chi connectivity index (χ3v) is 3.95. The summed E-state index contributed by atoms with van der Waals surface area (Å²) in [6.07, 6.45) is 13.5. The van der Waals surface area contributed by atoms with Gasteiger partial charge in [-0.3, -0.25) is 0 Å². The van der Waals surface area contributed by atoms with Crippen molar-refractivity contribution in [1.29, 1.82) is 0 Å². The summed E-state index contributed by atoms with van der Waals surface area (Å²) < 4.78 is 0.908. The van der Waals surface area contributed by atoms with Gasteiger partial charge in [0.1, 0.15) is 0 Å². The van der Waals surface area contributed by atoms with Crippen molar-refractivity contribution in [2.24, 2.45) is 5.92 Å². The normalized spacial score (nSPS) is 12.7. The van der Waals surface area contributed by atoms with Crippen molar-refractivity contribution in [2.75, 3.05) is 0 Å². The maximum atomic E-state index is 5.13. The Kier molecular flexibility index (Phi) is 12.2. The molecule has 0 aromatic carbocycles. The summed E-state index contributed by atoms with van der Waals surface area (Å²) in [6, 6.07) is 0. The second kappa shape index (κ2) is 11.9. The zero-order chi connectivity index (χ0) is 12.2. The first kappa shape index (κ1) is 16.4. The van der Waals surface area contributed by atoms with E-state index < -0.39 is 0 Å². The van der Waals surface area contributed by atoms with Crippen LogP contribution in [0.4, 0.5) is 0 Å². The molecule has 1 atom stereocenters. The molecule has 0 saturated carbocycles. The molecule has 0 spiro atoms. The summed E-state index contributed by atoms with van der Waals surface area (Å²) in [7, 11) is 0. The molecule has 0 aliphatic carbocycles. The smallest absolute Gasteiger partial charge is 0.0478 e. The fourth-order valence-corrected chi connectivity index (χ4v) is 2.62. The molecule has 2 heteroatoms. The standard InChI is InChI=1S/C14H28S2/c1-3-5-6-7-8-9-10-11-12-13(4-2)14(15)16/h13H,3-12H2,1-2H3,(H,15,16). The van der Waals surface area contributed by atoms with Crippen LogP contribution in [0.1, 0.15) is 78.1 Å². The van der Waals surface area contributed by atoms with E-state index >= 15 is 0 Å². The van der Waals surface area contributed by atoms with Crippen molar-refractivity contribution in [3.05, 3.63) is 0 Å². The lowest BCUT2D eigenvalue weighted by atomic mass is 9.99. The van der Waals surface area contributed by atoms with Crippen LogP contribution in [0.25, 0.3) is 0 Å². The summed E-state index contributed by atoms with van der Waals surface area (Å²) in [5.74, 6) is 0.568. The largest absolute Gasteiger partial charge is 0.136 e. The lowest BCUT2D eigenvalue weighted by Crippen LogP contribution is -2.05. The highest BCUT2D eigenvalue weighted by Gasteiger charge is 2.07. The summed E-state index contributed by atoms with van der Waals surface area (Å²) in [4.78, 5) is 0. The van der Waals surface area contributed by atoms with Gasteiger partial charge in [-0.25, -0.2) is 0 Å². The molecule has 0 aliphatic heterocycles. The zero-order valence-electron chi connectivity index (χ0n) is 11.0. The minimum absolute atomic E-state index is 0.568. The minimum Gasteiger partial charge on any atom is -0.136 e. The van der Waals surface area contributed by atoms with Crippen LogP contribution in [0.3, 0.4) is 0 Å². The Bertz CT molecular complexity index is 166. The van der Waals surface area contributed by atoms with Gasteiger partial charge in [-0.15, -0.1) is 12.6 Å². The van der Waals surface area contributed by atoms with Crippen LogP contribution in [0.2, 0.25) is 0 Å². The zero-order valence-corrected chi connectivity index (χ0v) is 12.7. The number of unbranched alkanes of at least 4 members (excludes halogenated alkanes) is 7. The first-order chi connectivity index (χ1) is 7.72. The van der Waals surface area contributed by atoms with E-state index in [1.54, 1.807) is 0 Å². The molecule has 96 valence electrons. The number of thiol groups is 1. The molecule has 0 N–H and O–H groups in total. The van der Waals surface area contributed by atoms with E-state index in [1.807, 2.05) is 0 Å². The fourth-order valence-electron chi connectivity index (χ4n) is 2.03. The van der Waals surface area contributed by atoms with Gasteiger partial charge in [0, 0.05) is 4.20 Å². The average molecular weight is 261 g/mol. The van der Waals surface area contributed by atoms with Gasteiger partial charge in [0.25, 0.3) is 0 Å². The van der Waals surface area contributed by atoms with E-state index in [1.165, 1.54) is 57.8 Å². The second-order valence-corrected chi connectivity index (χ2v) is 5.93. The van der Waals surface area contributed by atoms with Crippen molar-refractivity contribution < 1.29 is 0 Å². The highest BCUT2D eigenvalue weighted by Crippen LogP contribution is 2.18. The van der Waals surface area contributed by atoms with Crippen molar-refractivity contribution in [1.82, 2.24) is 0 Å². The van der Waals surface area contributed by atoms with Gasteiger partial charge in [0.15, 0.2) is 0 Å². The van der Waals surface area contributed by atoms with Gasteiger partial charge in [0.05, 0.1) is 0 Å². The Labute approximate surface area is 113 Å². The number of rotatable bonds is 11. The highest BCUT2D eigenvalue weighted by molar-refractivity contribution is 8.11. The average Bonchev–Trinajstić information content (AvgIpc) is 2.26. The highest BCUT2D eigenvalue weighted by atomic mass is 32.1. The molecule has 0 saturated heterocycles. The van der Waals surface area contributed by atoms with Crippen LogP contribution in [0.5, 0.6) is 0 Å². The van der Waals surface area contributed by atoms with E-state index in [4.69, 9.17) is 12.2 Å². The molecule has 0 radical (unpaired) electrons. The summed E-state index contributed by atoms with van der Waals surface area (Å²) in [5.41, 5.74) is 0. The van der Waals surface area contributed by atoms with E-state index in [0.717, 1.165) is 10.6 Å². The molecular weight excluding hydrogens is 232 g/mol. The predicted octanol–water partition coefficient (Wildman–Crippen LogP) is 5.80. The van der Waals surface area contributed by atoms with Crippen molar-refractivity contribution in [3.63, 3.8) is 0 Å². The topological polar surface area (TPSA) is 0 Å². The molecule has 0 aromatic rings. The molecule has 0 amide bonds. The minimum atomic E-state index is 0.568. The first-order valence-electron chi connectivity index (χ1n) is 6.95. The van der Waals surface area contributed by atoms with Crippen molar-refractivity contribution >= 4 is 29.0 Å². The van der Waals surface area contributed by atoms with Gasteiger partial charge in [-0.2, -0.15) is 0 Å². The monoisotopic (exact) mass is 260 g/mol. The Morgan fingerprint density at radius 3 is 1.88 bits per heavy atom. The van der Waals surface area contributed by atoms with E-state index in [0.29, 0.717) is 5.92 Å². The quantitative estimate of drug-likeness (QED) is 0.278. The van der Waals surface area contributed by atoms with E-state index in [2.05, 4.69) is 26.5 Å². The third-order valence-electron chi connectivity index (χ3n) is 3.25. The summed E-state index contributed by atoms with van der Waals surface area (Å²) >= 11 is 9.42. The van der Waals surface area contributed by atoms with E-state index in [9.17, 15) is 0 Å². The van der Waals surface area contributed by atoms with Crippen LogP contribution in [0.15, 0.2) is 0 Å². The van der Waals surface area contributed by atoms with Crippen LogP contribution in [-0.2, 0) is 0 Å². The van der Waals surface area contributed by atoms with E-state index in [-0.39, 0.29) is 0 Å². The Morgan fingerprint density at radius 1 is 0.938 bits per heavy atom. The predicted molar refractivity (Wildman–Crippen MR) is 82.6 cm³/mol. The molecule has 0 bridgehead atoms. The maximum Gasteiger partial charge on any atom is 0.0478 e. The maximum absolute atomic E-state index is 5.13. The van der Waals surface area contributed by atoms with Gasteiger partial charge < -0.3 is 0 Å². The first-order valence-corrected chi connectivity index (χ1v) is 7.80. The lowest BCUT2D eigenvalue weighted by Gasteiger charge is -2.11. The Hall–Kier alpha value is 0.440. The molecule has 0 nitrogen and oxygen atoms in total. The van der Waals surface area contributed by atoms with Crippen LogP contribution in [0, 0.1) is 5.92 Å². The molecule has 0 rings (SSSR count). The third kappa shape index (κ3) is 9.65. The second-order valence-electron chi connectivity index (χ2n) is 4.71. The van der Waals surface area contributed by atoms with Crippen molar-refractivity contribution in [3.8, 4) is 0 Å². The number of hydrogen-bond acceptors (Lipinski definition) is 1. The Balaban J connectivity index is 3.22. The fraction of sp³-hybridized carbons (Fsp3) is 0.929. The van der Waals surface area contributed by atoms with Gasteiger partial charge >= 0.3 is 0 Å². The van der Waals surface area contributed by atoms with Crippen LogP contribution in [-0.4, -0.2) is 4.20 Å². The molecule has 16 heavy (non-hydrogen) atoms. The molecule has 0 heterocycles. The Morgan fingerprint density at radius 2 is 1.44 bits per heavy atom. The number of hydrogen-bond donors (Lipinski definition) is 1. The van der Waals surface area contributed by atoms with Gasteiger partial charge in [-0.1, -0.05) is 77.4 Å². The van der Waals surface area contributed by atoms with Crippen molar-refractivity contribution in [2.45, 2.75) is 78.1 Å².